The topological polar surface area (TPSA) is 164 Å². The minimum Gasteiger partial charge on any atom is -0.358 e. The maximum atomic E-state index is 10.5. The summed E-state index contributed by atoms with van der Waals surface area (Å²) < 4.78 is 46.9. The van der Waals surface area contributed by atoms with Crippen molar-refractivity contribution in [2.45, 2.75) is 19.9 Å². The summed E-state index contributed by atoms with van der Waals surface area (Å²) in [6.45, 7) is 35.8. The van der Waals surface area contributed by atoms with Crippen LogP contribution in [-0.4, -0.2) is 6.29 Å². The van der Waals surface area contributed by atoms with Crippen LogP contribution in [-0.2, 0) is 64.5 Å². The van der Waals surface area contributed by atoms with E-state index in [1.807, 2.05) is 42.8 Å². The summed E-state index contributed by atoms with van der Waals surface area (Å²) in [6, 6.07) is 5.94. The molecule has 0 aromatic carbocycles. The van der Waals surface area contributed by atoms with Gasteiger partial charge in [-0.25, -0.2) is 0 Å². The van der Waals surface area contributed by atoms with E-state index in [9.17, 15) is 4.79 Å². The van der Waals surface area contributed by atoms with Crippen LogP contribution in [0.1, 0.15) is 30.4 Å². The fourth-order valence-corrected chi connectivity index (χ4v) is 1.04. The van der Waals surface area contributed by atoms with Crippen molar-refractivity contribution in [2.24, 2.45) is 0 Å². The zero-order valence-corrected chi connectivity index (χ0v) is 17.9. The second-order valence-corrected chi connectivity index (χ2v) is 2.74. The summed E-state index contributed by atoms with van der Waals surface area (Å²) in [6.07, 6.45) is 2.79. The molecule has 1 aromatic heterocycles. The van der Waals surface area contributed by atoms with Crippen LogP contribution in [0, 0.1) is 59.2 Å². The summed E-state index contributed by atoms with van der Waals surface area (Å²) in [5.41, 5.74) is 0.725. The quantitative estimate of drug-likeness (QED) is 0.193. The number of hydrogen-bond donors (Lipinski definition) is 0. The Labute approximate surface area is 189 Å². The summed E-state index contributed by atoms with van der Waals surface area (Å²) in [5.74, 6) is 0. The minimum absolute atomic E-state index is 0. The normalized spacial score (nSPS) is 4.46. The van der Waals surface area contributed by atoms with Crippen LogP contribution in [0.4, 0.5) is 0 Å². The van der Waals surface area contributed by atoms with Gasteiger partial charge < -0.3 is 19.3 Å². The summed E-state index contributed by atoms with van der Waals surface area (Å²) in [5, 5.41) is 6.25. The molecule has 150 valence electrons. The Bertz CT molecular complexity index is 478. The molecule has 0 N–H and O–H groups in total. The first kappa shape index (κ1) is 63.5. The molecule has 2 radical (unpaired) electrons. The van der Waals surface area contributed by atoms with Crippen molar-refractivity contribution < 1.29 is 73.8 Å². The van der Waals surface area contributed by atoms with Gasteiger partial charge in [-0.1, -0.05) is 0 Å². The SMILES string of the molecule is CC(C)[n+]1ccccc1C=O.[C-]#N.[C-]#[O+].[C-]#[O+].[C-]#[O+].[C-]#[O+].[C-]#[O+].[C-]#[O+].[CH3-].[Mn].[Ru+]. The summed E-state index contributed by atoms with van der Waals surface area (Å²) >= 11 is 0. The van der Waals surface area contributed by atoms with Crippen LogP contribution in [0.2, 0.25) is 0 Å². The van der Waals surface area contributed by atoms with Gasteiger partial charge in [0, 0.05) is 29.2 Å². The van der Waals surface area contributed by atoms with Gasteiger partial charge in [0.25, 0.3) is 0 Å². The molecule has 0 bridgehead atoms. The number of aldehydes is 1. The zero-order chi connectivity index (χ0) is 22.3. The number of hydrogen-bond acceptors (Lipinski definition) is 2. The molecule has 0 aliphatic rings. The molecule has 0 amide bonds. The van der Waals surface area contributed by atoms with Crippen molar-refractivity contribution in [3.05, 3.63) is 84.0 Å². The van der Waals surface area contributed by atoms with Gasteiger partial charge in [-0.05, 0) is 19.9 Å². The first-order valence-corrected chi connectivity index (χ1v) is 5.16. The van der Waals surface area contributed by atoms with Crippen LogP contribution in [0.5, 0.6) is 0 Å². The third kappa shape index (κ3) is 56.5. The molecule has 0 saturated carbocycles. The van der Waals surface area contributed by atoms with Gasteiger partial charge in [0.15, 0.2) is 12.2 Å². The van der Waals surface area contributed by atoms with Gasteiger partial charge in [-0.2, -0.15) is 4.57 Å². The van der Waals surface area contributed by atoms with E-state index in [0.29, 0.717) is 6.04 Å². The molecule has 0 unspecified atom stereocenters. The van der Waals surface area contributed by atoms with E-state index >= 15 is 0 Å². The summed E-state index contributed by atoms with van der Waals surface area (Å²) in [4.78, 5) is 10.5. The van der Waals surface area contributed by atoms with Gasteiger partial charge in [-0.15, -0.1) is 0 Å². The number of pyridine rings is 1. The molecule has 0 atom stereocenters. The van der Waals surface area contributed by atoms with E-state index in [1.54, 1.807) is 0 Å². The Morgan fingerprint density at radius 3 is 1.32 bits per heavy atom. The fraction of sp³-hybridized carbons (Fsp3) is 0.176. The Kier molecular flexibility index (Phi) is 228. The molecule has 0 fully saturated rings. The first-order valence-electron chi connectivity index (χ1n) is 5.16. The third-order valence-electron chi connectivity index (χ3n) is 1.60. The van der Waals surface area contributed by atoms with E-state index < -0.39 is 0 Å². The van der Waals surface area contributed by atoms with Gasteiger partial charge >= 0.3 is 87.3 Å². The zero-order valence-electron chi connectivity index (χ0n) is 14.9. The van der Waals surface area contributed by atoms with Crippen molar-refractivity contribution in [1.29, 1.82) is 5.26 Å². The second-order valence-electron chi connectivity index (χ2n) is 2.74. The van der Waals surface area contributed by atoms with Crippen LogP contribution < -0.4 is 4.57 Å². The molecule has 28 heavy (non-hydrogen) atoms. The third-order valence-corrected chi connectivity index (χ3v) is 1.60. The number of nitrogens with zero attached hydrogens (tertiary/aromatic N) is 2. The van der Waals surface area contributed by atoms with E-state index in [-0.39, 0.29) is 44.0 Å². The predicted octanol–water partition coefficient (Wildman–Crippen LogP) is 1.68. The molecular formula is C17H15MnN2O7Ru. The first-order chi connectivity index (χ1) is 12.3. The average Bonchev–Trinajstić information content (AvgIpc) is 2.78. The molecule has 11 heteroatoms. The molecule has 0 aliphatic heterocycles. The molecule has 1 heterocycles. The Morgan fingerprint density at radius 2 is 1.14 bits per heavy atom. The monoisotopic (exact) mass is 516 g/mol. The Balaban J connectivity index is -0.0000000206. The number of carbonyl (C=O) groups excluding carboxylic acids is 1. The second kappa shape index (κ2) is 100. The van der Waals surface area contributed by atoms with Gasteiger partial charge in [0.05, 0.1) is 0 Å². The average molecular weight is 515 g/mol. The predicted molar refractivity (Wildman–Crippen MR) is 77.4 cm³/mol. The molecule has 1 aromatic rings. The van der Waals surface area contributed by atoms with Crippen LogP contribution in [0.15, 0.2) is 24.4 Å². The van der Waals surface area contributed by atoms with Gasteiger partial charge in [0.2, 0.25) is 12.0 Å². The van der Waals surface area contributed by atoms with E-state index in [2.05, 4.69) is 39.9 Å². The largest absolute Gasteiger partial charge is 1.00 e. The number of rotatable bonds is 2. The smallest absolute Gasteiger partial charge is 0.358 e. The van der Waals surface area contributed by atoms with Crippen LogP contribution in [0.25, 0.3) is 0 Å². The Hall–Kier alpha value is -2.11. The van der Waals surface area contributed by atoms with Crippen LogP contribution in [0.3, 0.4) is 0 Å². The molecule has 9 nitrogen and oxygen atoms in total. The molecule has 0 spiro atoms. The van der Waals surface area contributed by atoms with Crippen molar-refractivity contribution in [1.82, 2.24) is 0 Å². The summed E-state index contributed by atoms with van der Waals surface area (Å²) in [7, 11) is 0. The van der Waals surface area contributed by atoms with E-state index in [4.69, 9.17) is 39.7 Å². The maximum Gasteiger partial charge on any atom is 1.00 e. The molecular weight excluding hydrogens is 500 g/mol. The van der Waals surface area contributed by atoms with Crippen molar-refractivity contribution >= 4 is 6.29 Å². The van der Waals surface area contributed by atoms with Gasteiger partial charge in [-0.3, -0.25) is 4.79 Å². The number of carbonyl (C=O) groups is 1. The van der Waals surface area contributed by atoms with Crippen LogP contribution >= 0.6 is 0 Å². The minimum atomic E-state index is 0. The van der Waals surface area contributed by atoms with E-state index in [1.165, 1.54) is 0 Å². The molecule has 0 saturated heterocycles. The number of aromatic nitrogens is 1. The standard InChI is InChI=1S/C9H12NO.CN.6CO.CH3.Mn.Ru/c1-8(2)10-6-4-3-5-9(10)7-11;7*1-2;;;/h3-8H,1-2H3;;;;;;;;1H3;;/q+1;-1;;;;;;;-1;;+1. The fourth-order valence-electron chi connectivity index (χ4n) is 1.04. The Morgan fingerprint density at radius 1 is 0.857 bits per heavy atom. The maximum absolute atomic E-state index is 10.5. The van der Waals surface area contributed by atoms with Crippen molar-refractivity contribution in [2.75, 3.05) is 0 Å². The van der Waals surface area contributed by atoms with Crippen molar-refractivity contribution in [3.8, 4) is 0 Å². The molecule has 0 aliphatic carbocycles. The molecule has 1 rings (SSSR count). The van der Waals surface area contributed by atoms with Crippen molar-refractivity contribution in [3.63, 3.8) is 0 Å². The van der Waals surface area contributed by atoms with E-state index in [0.717, 1.165) is 12.0 Å². The van der Waals surface area contributed by atoms with Gasteiger partial charge in [0.1, 0.15) is 0 Å².